The van der Waals surface area contributed by atoms with Crippen LogP contribution < -0.4 is 4.74 Å². The molecule has 0 N–H and O–H groups in total. The molecule has 0 saturated carbocycles. The second-order valence-electron chi connectivity index (χ2n) is 2.04. The van der Waals surface area contributed by atoms with Crippen molar-refractivity contribution in [1.82, 2.24) is 9.97 Å². The van der Waals surface area contributed by atoms with Gasteiger partial charge in [0.05, 0.1) is 14.2 Å². The summed E-state index contributed by atoms with van der Waals surface area (Å²) in [6.07, 6.45) is 1.16. The topological polar surface area (TPSA) is 61.3 Å². The van der Waals surface area contributed by atoms with Gasteiger partial charge in [-0.2, -0.15) is 0 Å². The molecule has 0 atom stereocenters. The number of hydrogen-bond donors (Lipinski definition) is 0. The zero-order valence-corrected chi connectivity index (χ0v) is 7.83. The van der Waals surface area contributed by atoms with Crippen molar-refractivity contribution in [1.29, 1.82) is 0 Å². The lowest BCUT2D eigenvalue weighted by atomic mass is 10.4. The van der Waals surface area contributed by atoms with E-state index in [4.69, 9.17) is 16.3 Å². The molecule has 0 saturated heterocycles. The van der Waals surface area contributed by atoms with Crippen LogP contribution in [0.25, 0.3) is 0 Å². The van der Waals surface area contributed by atoms with Gasteiger partial charge in [0.15, 0.2) is 16.6 Å². The van der Waals surface area contributed by atoms with E-state index in [1.807, 2.05) is 0 Å². The largest absolute Gasteiger partial charge is 0.491 e. The van der Waals surface area contributed by atoms with Crippen molar-refractivity contribution in [3.63, 3.8) is 0 Å². The highest BCUT2D eigenvalue weighted by Gasteiger charge is 2.17. The first-order valence-corrected chi connectivity index (χ1v) is 3.71. The van der Waals surface area contributed by atoms with Gasteiger partial charge in [-0.15, -0.1) is 0 Å². The molecule has 0 unspecified atom stereocenters. The Bertz CT molecular complexity index is 330. The van der Waals surface area contributed by atoms with E-state index in [1.54, 1.807) is 0 Å². The molecule has 0 amide bonds. The summed E-state index contributed by atoms with van der Waals surface area (Å²) in [4.78, 5) is 18.4. The van der Waals surface area contributed by atoms with Crippen LogP contribution in [-0.2, 0) is 4.74 Å². The number of ether oxygens (including phenoxy) is 2. The molecule has 70 valence electrons. The van der Waals surface area contributed by atoms with Crippen molar-refractivity contribution in [2.75, 3.05) is 14.2 Å². The molecule has 0 fully saturated rings. The summed E-state index contributed by atoms with van der Waals surface area (Å²) in [5.74, 6) is -0.489. The summed E-state index contributed by atoms with van der Waals surface area (Å²) in [6, 6.07) is 0. The summed E-state index contributed by atoms with van der Waals surface area (Å²) in [5, 5.41) is 0.0814. The summed E-state index contributed by atoms with van der Waals surface area (Å²) in [5.41, 5.74) is 0.0185. The van der Waals surface area contributed by atoms with Gasteiger partial charge in [-0.3, -0.25) is 0 Å². The Morgan fingerprint density at radius 1 is 1.46 bits per heavy atom. The third kappa shape index (κ3) is 1.86. The average molecular weight is 203 g/mol. The lowest BCUT2D eigenvalue weighted by Crippen LogP contribution is -2.07. The fourth-order valence-electron chi connectivity index (χ4n) is 0.775. The third-order valence-electron chi connectivity index (χ3n) is 1.34. The fourth-order valence-corrected chi connectivity index (χ4v) is 0.986. The van der Waals surface area contributed by atoms with E-state index in [9.17, 15) is 4.79 Å². The van der Waals surface area contributed by atoms with Crippen molar-refractivity contribution >= 4 is 17.6 Å². The monoisotopic (exact) mass is 202 g/mol. The smallest absolute Gasteiger partial charge is 0.360 e. The molecular weight excluding hydrogens is 196 g/mol. The molecule has 1 aromatic rings. The van der Waals surface area contributed by atoms with Crippen LogP contribution in [0.1, 0.15) is 10.5 Å². The van der Waals surface area contributed by atoms with E-state index >= 15 is 0 Å². The minimum atomic E-state index is -0.610. The predicted octanol–water partition coefficient (Wildman–Crippen LogP) is 0.925. The minimum Gasteiger partial charge on any atom is -0.491 e. The van der Waals surface area contributed by atoms with E-state index in [1.165, 1.54) is 14.2 Å². The number of rotatable bonds is 2. The quantitative estimate of drug-likeness (QED) is 0.527. The third-order valence-corrected chi connectivity index (χ3v) is 1.61. The van der Waals surface area contributed by atoms with Crippen LogP contribution >= 0.6 is 11.6 Å². The number of halogens is 1. The highest BCUT2D eigenvalue weighted by Crippen LogP contribution is 2.24. The SMILES string of the molecule is COC(=O)c1ncnc(Cl)c1OC. The molecule has 0 aliphatic rings. The fraction of sp³-hybridized carbons (Fsp3) is 0.286. The van der Waals surface area contributed by atoms with E-state index in [0.717, 1.165) is 6.33 Å². The number of nitrogens with zero attached hydrogens (tertiary/aromatic N) is 2. The number of carbonyl (C=O) groups is 1. The molecule has 0 radical (unpaired) electrons. The maximum absolute atomic E-state index is 11.1. The molecular formula is C7H7ClN2O3. The lowest BCUT2D eigenvalue weighted by Gasteiger charge is -2.05. The van der Waals surface area contributed by atoms with Crippen LogP contribution in [0.4, 0.5) is 0 Å². The Morgan fingerprint density at radius 3 is 2.69 bits per heavy atom. The van der Waals surface area contributed by atoms with Crippen molar-refractivity contribution in [3.8, 4) is 5.75 Å². The molecule has 0 aliphatic heterocycles. The highest BCUT2D eigenvalue weighted by molar-refractivity contribution is 6.31. The number of aromatic nitrogens is 2. The maximum atomic E-state index is 11.1. The van der Waals surface area contributed by atoms with E-state index in [0.29, 0.717) is 0 Å². The molecule has 13 heavy (non-hydrogen) atoms. The van der Waals surface area contributed by atoms with Gasteiger partial charge in [0.25, 0.3) is 0 Å². The molecule has 5 nitrogen and oxygen atoms in total. The highest BCUT2D eigenvalue weighted by atomic mass is 35.5. The normalized spacial score (nSPS) is 9.46. The first-order valence-electron chi connectivity index (χ1n) is 3.33. The van der Waals surface area contributed by atoms with E-state index < -0.39 is 5.97 Å². The van der Waals surface area contributed by atoms with E-state index in [2.05, 4.69) is 14.7 Å². The number of methoxy groups -OCH3 is 2. The second-order valence-corrected chi connectivity index (χ2v) is 2.40. The zero-order valence-electron chi connectivity index (χ0n) is 7.07. The summed E-state index contributed by atoms with van der Waals surface area (Å²) < 4.78 is 9.31. The van der Waals surface area contributed by atoms with Crippen LogP contribution in [0.2, 0.25) is 5.15 Å². The van der Waals surface area contributed by atoms with Crippen molar-refractivity contribution in [3.05, 3.63) is 17.2 Å². The Labute approximate surface area is 79.7 Å². The van der Waals surface area contributed by atoms with Crippen LogP contribution in [0.3, 0.4) is 0 Å². The molecule has 0 bridgehead atoms. The van der Waals surface area contributed by atoms with Gasteiger partial charge in [0.2, 0.25) is 0 Å². The van der Waals surface area contributed by atoms with Crippen LogP contribution in [0.15, 0.2) is 6.33 Å². The van der Waals surface area contributed by atoms with Crippen LogP contribution in [0, 0.1) is 0 Å². The molecule has 1 heterocycles. The predicted molar refractivity (Wildman–Crippen MR) is 44.9 cm³/mol. The van der Waals surface area contributed by atoms with Gasteiger partial charge in [-0.1, -0.05) is 11.6 Å². The maximum Gasteiger partial charge on any atom is 0.360 e. The molecule has 6 heteroatoms. The first-order chi connectivity index (χ1) is 6.20. The second kappa shape index (κ2) is 4.04. The Balaban J connectivity index is 3.20. The van der Waals surface area contributed by atoms with E-state index in [-0.39, 0.29) is 16.6 Å². The van der Waals surface area contributed by atoms with Gasteiger partial charge in [0.1, 0.15) is 6.33 Å². The van der Waals surface area contributed by atoms with Gasteiger partial charge in [0, 0.05) is 0 Å². The van der Waals surface area contributed by atoms with Gasteiger partial charge in [-0.25, -0.2) is 14.8 Å². The van der Waals surface area contributed by atoms with Crippen LogP contribution in [0.5, 0.6) is 5.75 Å². The molecule has 0 spiro atoms. The molecule has 1 rings (SSSR count). The molecule has 0 aromatic carbocycles. The minimum absolute atomic E-state index is 0.0185. The Hall–Kier alpha value is -1.36. The number of esters is 1. The molecule has 1 aromatic heterocycles. The Kier molecular flexibility index (Phi) is 3.02. The standard InChI is InChI=1S/C7H7ClN2O3/c1-12-5-4(7(11)13-2)9-3-10-6(5)8/h3H,1-2H3. The van der Waals surface area contributed by atoms with Crippen molar-refractivity contribution in [2.45, 2.75) is 0 Å². The van der Waals surface area contributed by atoms with Crippen LogP contribution in [-0.4, -0.2) is 30.2 Å². The Morgan fingerprint density at radius 2 is 2.15 bits per heavy atom. The molecule has 0 aliphatic carbocycles. The van der Waals surface area contributed by atoms with Gasteiger partial charge < -0.3 is 9.47 Å². The first kappa shape index (κ1) is 9.73. The summed E-state index contributed by atoms with van der Waals surface area (Å²) in [6.45, 7) is 0. The summed E-state index contributed by atoms with van der Waals surface area (Å²) in [7, 11) is 2.62. The number of carbonyl (C=O) groups excluding carboxylic acids is 1. The van der Waals surface area contributed by atoms with Crippen molar-refractivity contribution in [2.24, 2.45) is 0 Å². The number of hydrogen-bond acceptors (Lipinski definition) is 5. The average Bonchev–Trinajstić information content (AvgIpc) is 2.16. The van der Waals surface area contributed by atoms with Gasteiger partial charge in [-0.05, 0) is 0 Å². The van der Waals surface area contributed by atoms with Crippen molar-refractivity contribution < 1.29 is 14.3 Å². The summed E-state index contributed by atoms with van der Waals surface area (Å²) >= 11 is 5.65. The van der Waals surface area contributed by atoms with Gasteiger partial charge >= 0.3 is 5.97 Å². The lowest BCUT2D eigenvalue weighted by molar-refractivity contribution is 0.0589. The zero-order chi connectivity index (χ0) is 9.84.